The highest BCUT2D eigenvalue weighted by atomic mass is 35.5. The molecule has 0 bridgehead atoms. The summed E-state index contributed by atoms with van der Waals surface area (Å²) in [5.74, 6) is -0.262. The first kappa shape index (κ1) is 12.8. The largest absolute Gasteiger partial charge is 0.395 e. The molecule has 2 nitrogen and oxygen atoms in total. The van der Waals surface area contributed by atoms with Crippen molar-refractivity contribution in [3.63, 3.8) is 0 Å². The van der Waals surface area contributed by atoms with Crippen LogP contribution in [0.5, 0.6) is 0 Å². The van der Waals surface area contributed by atoms with Gasteiger partial charge in [0.05, 0.1) is 6.61 Å². The molecule has 4 heteroatoms. The van der Waals surface area contributed by atoms with Gasteiger partial charge in [-0.25, -0.2) is 4.39 Å². The van der Waals surface area contributed by atoms with E-state index in [1.807, 2.05) is 0 Å². The van der Waals surface area contributed by atoms with Crippen LogP contribution in [0.4, 0.5) is 4.39 Å². The molecule has 0 amide bonds. The Kier molecular flexibility index (Phi) is 4.37. The van der Waals surface area contributed by atoms with E-state index in [4.69, 9.17) is 11.6 Å². The van der Waals surface area contributed by atoms with Crippen LogP contribution < -0.4 is 0 Å². The minimum Gasteiger partial charge on any atom is -0.395 e. The standard InChI is InChI=1S/C13H17ClFNO/c14-13-5-4-11(15)7-10(13)8-16-6-2-1-3-12(16)9-17/h4-5,7,12,17H,1-3,6,8-9H2. The van der Waals surface area contributed by atoms with Gasteiger partial charge in [0.2, 0.25) is 0 Å². The highest BCUT2D eigenvalue weighted by Gasteiger charge is 2.22. The molecule has 1 saturated heterocycles. The van der Waals surface area contributed by atoms with E-state index in [0.29, 0.717) is 11.6 Å². The van der Waals surface area contributed by atoms with Crippen LogP contribution in [0.25, 0.3) is 0 Å². The Morgan fingerprint density at radius 2 is 2.24 bits per heavy atom. The second-order valence-electron chi connectivity index (χ2n) is 4.54. The number of nitrogens with zero attached hydrogens (tertiary/aromatic N) is 1. The van der Waals surface area contributed by atoms with E-state index < -0.39 is 0 Å². The summed E-state index contributed by atoms with van der Waals surface area (Å²) in [6.07, 6.45) is 3.28. The molecule has 1 aliphatic rings. The SMILES string of the molecule is OCC1CCCCN1Cc1cc(F)ccc1Cl. The number of hydrogen-bond acceptors (Lipinski definition) is 2. The number of benzene rings is 1. The molecule has 1 fully saturated rings. The molecule has 1 aliphatic heterocycles. The number of halogens is 2. The summed E-state index contributed by atoms with van der Waals surface area (Å²) in [7, 11) is 0. The van der Waals surface area contributed by atoms with Crippen LogP contribution in [-0.2, 0) is 6.54 Å². The molecule has 1 atom stereocenters. The predicted octanol–water partition coefficient (Wildman–Crippen LogP) is 2.83. The van der Waals surface area contributed by atoms with Gasteiger partial charge in [0.15, 0.2) is 0 Å². The monoisotopic (exact) mass is 257 g/mol. The zero-order chi connectivity index (χ0) is 12.3. The molecular weight excluding hydrogens is 241 g/mol. The number of aliphatic hydroxyl groups excluding tert-OH is 1. The van der Waals surface area contributed by atoms with E-state index in [9.17, 15) is 9.50 Å². The van der Waals surface area contributed by atoms with Gasteiger partial charge < -0.3 is 5.11 Å². The normalized spacial score (nSPS) is 21.7. The molecule has 0 aliphatic carbocycles. The molecule has 1 aromatic rings. The van der Waals surface area contributed by atoms with Crippen molar-refractivity contribution in [3.8, 4) is 0 Å². The van der Waals surface area contributed by atoms with Crippen LogP contribution in [0.2, 0.25) is 5.02 Å². The van der Waals surface area contributed by atoms with Crippen molar-refractivity contribution in [2.45, 2.75) is 31.8 Å². The Bertz CT molecular complexity index is 386. The molecular formula is C13H17ClFNO. The number of hydrogen-bond donors (Lipinski definition) is 1. The maximum absolute atomic E-state index is 13.2. The number of piperidine rings is 1. The fraction of sp³-hybridized carbons (Fsp3) is 0.538. The minimum absolute atomic E-state index is 0.160. The topological polar surface area (TPSA) is 23.5 Å². The zero-order valence-electron chi connectivity index (χ0n) is 9.70. The van der Waals surface area contributed by atoms with E-state index in [-0.39, 0.29) is 18.5 Å². The summed E-state index contributed by atoms with van der Waals surface area (Å²) in [5, 5.41) is 9.91. The van der Waals surface area contributed by atoms with Gasteiger partial charge in [-0.05, 0) is 43.1 Å². The lowest BCUT2D eigenvalue weighted by atomic mass is 10.0. The summed E-state index contributed by atoms with van der Waals surface area (Å²) in [5.41, 5.74) is 0.798. The van der Waals surface area contributed by atoms with Gasteiger partial charge in [-0.3, -0.25) is 4.90 Å². The first-order chi connectivity index (χ1) is 8.20. The highest BCUT2D eigenvalue weighted by molar-refractivity contribution is 6.31. The fourth-order valence-electron chi connectivity index (χ4n) is 2.36. The molecule has 1 unspecified atom stereocenters. The maximum Gasteiger partial charge on any atom is 0.123 e. The van der Waals surface area contributed by atoms with Crippen molar-refractivity contribution < 1.29 is 9.50 Å². The number of rotatable bonds is 3. The van der Waals surface area contributed by atoms with E-state index in [2.05, 4.69) is 4.90 Å². The van der Waals surface area contributed by atoms with Crippen LogP contribution in [0, 0.1) is 5.82 Å². The van der Waals surface area contributed by atoms with Gasteiger partial charge in [0, 0.05) is 17.6 Å². The average molecular weight is 258 g/mol. The Labute approximate surface area is 106 Å². The second kappa shape index (κ2) is 5.80. The third-order valence-electron chi connectivity index (χ3n) is 3.34. The summed E-state index contributed by atoms with van der Waals surface area (Å²) in [6.45, 7) is 1.72. The molecule has 17 heavy (non-hydrogen) atoms. The molecule has 94 valence electrons. The quantitative estimate of drug-likeness (QED) is 0.900. The van der Waals surface area contributed by atoms with Crippen molar-refractivity contribution in [1.29, 1.82) is 0 Å². The smallest absolute Gasteiger partial charge is 0.123 e. The van der Waals surface area contributed by atoms with E-state index in [1.165, 1.54) is 12.1 Å². The van der Waals surface area contributed by atoms with E-state index in [1.54, 1.807) is 6.07 Å². The maximum atomic E-state index is 13.2. The summed E-state index contributed by atoms with van der Waals surface area (Å²) in [4.78, 5) is 2.18. The van der Waals surface area contributed by atoms with Gasteiger partial charge >= 0.3 is 0 Å². The molecule has 0 saturated carbocycles. The van der Waals surface area contributed by atoms with Gasteiger partial charge in [-0.1, -0.05) is 18.0 Å². The third kappa shape index (κ3) is 3.18. The number of aliphatic hydroxyl groups is 1. The van der Waals surface area contributed by atoms with Crippen molar-refractivity contribution in [3.05, 3.63) is 34.6 Å². The zero-order valence-corrected chi connectivity index (χ0v) is 10.5. The molecule has 1 heterocycles. The van der Waals surface area contributed by atoms with Crippen LogP contribution >= 0.6 is 11.6 Å². The first-order valence-electron chi connectivity index (χ1n) is 5.99. The molecule has 1 aromatic carbocycles. The fourth-order valence-corrected chi connectivity index (χ4v) is 2.54. The highest BCUT2D eigenvalue weighted by Crippen LogP contribution is 2.23. The van der Waals surface area contributed by atoms with Crippen molar-refractivity contribution in [2.75, 3.05) is 13.2 Å². The van der Waals surface area contributed by atoms with Gasteiger partial charge in [-0.15, -0.1) is 0 Å². The lowest BCUT2D eigenvalue weighted by molar-refractivity contribution is 0.0841. The lowest BCUT2D eigenvalue weighted by Crippen LogP contribution is -2.41. The summed E-state index contributed by atoms with van der Waals surface area (Å²) in [6, 6.07) is 4.62. The molecule has 0 spiro atoms. The Morgan fingerprint density at radius 1 is 1.41 bits per heavy atom. The summed E-state index contributed by atoms with van der Waals surface area (Å²) >= 11 is 6.05. The Morgan fingerprint density at radius 3 is 3.00 bits per heavy atom. The van der Waals surface area contributed by atoms with Crippen molar-refractivity contribution in [1.82, 2.24) is 4.90 Å². The third-order valence-corrected chi connectivity index (χ3v) is 3.71. The van der Waals surface area contributed by atoms with Crippen LogP contribution in [0.1, 0.15) is 24.8 Å². The van der Waals surface area contributed by atoms with Crippen molar-refractivity contribution in [2.24, 2.45) is 0 Å². The van der Waals surface area contributed by atoms with E-state index >= 15 is 0 Å². The van der Waals surface area contributed by atoms with Crippen LogP contribution in [0.15, 0.2) is 18.2 Å². The molecule has 0 aromatic heterocycles. The molecule has 0 radical (unpaired) electrons. The second-order valence-corrected chi connectivity index (χ2v) is 4.95. The first-order valence-corrected chi connectivity index (χ1v) is 6.37. The Hall–Kier alpha value is -0.640. The van der Waals surface area contributed by atoms with Crippen LogP contribution in [0.3, 0.4) is 0 Å². The molecule has 1 N–H and O–H groups in total. The van der Waals surface area contributed by atoms with Gasteiger partial charge in [0.1, 0.15) is 5.82 Å². The van der Waals surface area contributed by atoms with Crippen molar-refractivity contribution >= 4 is 11.6 Å². The van der Waals surface area contributed by atoms with Crippen LogP contribution in [-0.4, -0.2) is 29.2 Å². The van der Waals surface area contributed by atoms with Gasteiger partial charge in [-0.2, -0.15) is 0 Å². The minimum atomic E-state index is -0.262. The van der Waals surface area contributed by atoms with Gasteiger partial charge in [0.25, 0.3) is 0 Å². The summed E-state index contributed by atoms with van der Waals surface area (Å²) < 4.78 is 13.2. The predicted molar refractivity (Wildman–Crippen MR) is 66.5 cm³/mol. The lowest BCUT2D eigenvalue weighted by Gasteiger charge is -2.34. The Balaban J connectivity index is 2.10. The average Bonchev–Trinajstić information content (AvgIpc) is 2.34. The van der Waals surface area contributed by atoms with E-state index in [0.717, 1.165) is 31.4 Å². The molecule has 2 rings (SSSR count). The number of likely N-dealkylation sites (tertiary alicyclic amines) is 1.